The standard InChI is InChI=1S/C12H12N6S/c1-2-7(1)8(12-13-3-4-19-12)18-11-9-10(15-5-14-9)16-6-17-11/h3-8H,1-2H2,(H2,14,15,16,17,18)/t8-/m1/s1. The molecule has 0 saturated heterocycles. The number of hydrogen-bond acceptors (Lipinski definition) is 6. The van der Waals surface area contributed by atoms with Crippen molar-refractivity contribution in [3.63, 3.8) is 0 Å². The number of nitrogens with one attached hydrogen (secondary N) is 2. The smallest absolute Gasteiger partial charge is 0.182 e. The van der Waals surface area contributed by atoms with Crippen molar-refractivity contribution in [2.45, 2.75) is 18.9 Å². The molecule has 96 valence electrons. The molecule has 1 fully saturated rings. The molecular formula is C12H12N6S. The van der Waals surface area contributed by atoms with Gasteiger partial charge in [-0.1, -0.05) is 0 Å². The number of hydrogen-bond donors (Lipinski definition) is 2. The molecule has 1 aliphatic rings. The molecule has 0 unspecified atom stereocenters. The predicted molar refractivity (Wildman–Crippen MR) is 72.9 cm³/mol. The highest BCUT2D eigenvalue weighted by Crippen LogP contribution is 2.43. The number of fused-ring (bicyclic) bond motifs is 1. The second kappa shape index (κ2) is 4.27. The van der Waals surface area contributed by atoms with Crippen LogP contribution in [0, 0.1) is 5.92 Å². The Morgan fingerprint density at radius 2 is 2.21 bits per heavy atom. The molecule has 6 nitrogen and oxygen atoms in total. The Hall–Kier alpha value is -2.02. The minimum Gasteiger partial charge on any atom is -0.359 e. The van der Waals surface area contributed by atoms with E-state index in [4.69, 9.17) is 0 Å². The molecular weight excluding hydrogens is 260 g/mol. The number of aromatic amines is 1. The van der Waals surface area contributed by atoms with E-state index in [2.05, 4.69) is 30.2 Å². The van der Waals surface area contributed by atoms with E-state index < -0.39 is 0 Å². The number of H-pyrrole nitrogens is 1. The van der Waals surface area contributed by atoms with Crippen LogP contribution in [0.25, 0.3) is 11.2 Å². The third-order valence-electron chi connectivity index (χ3n) is 3.33. The highest BCUT2D eigenvalue weighted by Gasteiger charge is 2.34. The Balaban J connectivity index is 1.70. The SMILES string of the molecule is c1csc([C@H](Nc2ncnc3nc[nH]c23)C2CC2)n1. The first kappa shape index (κ1) is 10.9. The molecule has 0 aliphatic heterocycles. The van der Waals surface area contributed by atoms with Gasteiger partial charge in [-0.15, -0.1) is 11.3 Å². The van der Waals surface area contributed by atoms with Crippen molar-refractivity contribution in [1.82, 2.24) is 24.9 Å². The minimum absolute atomic E-state index is 0.237. The average Bonchev–Trinajstić information content (AvgIpc) is 2.94. The molecule has 0 spiro atoms. The average molecular weight is 272 g/mol. The van der Waals surface area contributed by atoms with Gasteiger partial charge >= 0.3 is 0 Å². The normalized spacial score (nSPS) is 16.6. The maximum Gasteiger partial charge on any atom is 0.182 e. The Kier molecular flexibility index (Phi) is 2.44. The topological polar surface area (TPSA) is 79.4 Å². The summed E-state index contributed by atoms with van der Waals surface area (Å²) in [6, 6.07) is 0.237. The van der Waals surface area contributed by atoms with Crippen LogP contribution in [0.15, 0.2) is 24.2 Å². The summed E-state index contributed by atoms with van der Waals surface area (Å²) < 4.78 is 0. The van der Waals surface area contributed by atoms with Crippen molar-refractivity contribution in [3.8, 4) is 0 Å². The van der Waals surface area contributed by atoms with E-state index in [1.54, 1.807) is 17.7 Å². The van der Waals surface area contributed by atoms with Gasteiger partial charge in [0.15, 0.2) is 11.5 Å². The molecule has 0 amide bonds. The van der Waals surface area contributed by atoms with E-state index in [1.807, 2.05) is 11.6 Å². The van der Waals surface area contributed by atoms with Crippen molar-refractivity contribution in [3.05, 3.63) is 29.2 Å². The monoisotopic (exact) mass is 272 g/mol. The first-order valence-corrected chi connectivity index (χ1v) is 7.10. The molecule has 3 aromatic rings. The van der Waals surface area contributed by atoms with Crippen LogP contribution in [0.5, 0.6) is 0 Å². The van der Waals surface area contributed by atoms with Crippen LogP contribution in [0.3, 0.4) is 0 Å². The van der Waals surface area contributed by atoms with Crippen molar-refractivity contribution in [2.24, 2.45) is 5.92 Å². The zero-order valence-corrected chi connectivity index (χ0v) is 10.9. The molecule has 3 heterocycles. The van der Waals surface area contributed by atoms with E-state index in [0.717, 1.165) is 16.3 Å². The molecule has 0 radical (unpaired) electrons. The maximum absolute atomic E-state index is 4.43. The molecule has 1 atom stereocenters. The van der Waals surface area contributed by atoms with E-state index in [9.17, 15) is 0 Å². The summed E-state index contributed by atoms with van der Waals surface area (Å²) in [5.41, 5.74) is 1.54. The Bertz CT molecular complexity index is 687. The van der Waals surface area contributed by atoms with Gasteiger partial charge in [0, 0.05) is 11.6 Å². The van der Waals surface area contributed by atoms with Crippen LogP contribution in [0.1, 0.15) is 23.9 Å². The van der Waals surface area contributed by atoms with Gasteiger partial charge in [0.2, 0.25) is 0 Å². The highest BCUT2D eigenvalue weighted by molar-refractivity contribution is 7.09. The number of nitrogens with zero attached hydrogens (tertiary/aromatic N) is 4. The summed E-state index contributed by atoms with van der Waals surface area (Å²) in [4.78, 5) is 20.1. The molecule has 3 aromatic heterocycles. The molecule has 0 aromatic carbocycles. The summed E-state index contributed by atoms with van der Waals surface area (Å²) >= 11 is 1.68. The van der Waals surface area contributed by atoms with E-state index in [1.165, 1.54) is 19.2 Å². The van der Waals surface area contributed by atoms with Crippen LogP contribution in [-0.2, 0) is 0 Å². The van der Waals surface area contributed by atoms with Gasteiger partial charge < -0.3 is 10.3 Å². The first-order valence-electron chi connectivity index (χ1n) is 6.22. The molecule has 1 aliphatic carbocycles. The van der Waals surface area contributed by atoms with Crippen LogP contribution in [0.2, 0.25) is 0 Å². The number of aromatic nitrogens is 5. The first-order chi connectivity index (χ1) is 9.42. The summed E-state index contributed by atoms with van der Waals surface area (Å²) in [7, 11) is 0. The third-order valence-corrected chi connectivity index (χ3v) is 4.18. The third kappa shape index (κ3) is 1.95. The van der Waals surface area contributed by atoms with Crippen molar-refractivity contribution in [1.29, 1.82) is 0 Å². The number of rotatable bonds is 4. The summed E-state index contributed by atoms with van der Waals surface area (Å²) in [6.45, 7) is 0. The molecule has 1 saturated carbocycles. The van der Waals surface area contributed by atoms with Crippen LogP contribution < -0.4 is 5.32 Å². The fourth-order valence-electron chi connectivity index (χ4n) is 2.22. The van der Waals surface area contributed by atoms with Gasteiger partial charge in [0.05, 0.1) is 12.4 Å². The number of anilines is 1. The summed E-state index contributed by atoms with van der Waals surface area (Å²) in [5.74, 6) is 1.45. The minimum atomic E-state index is 0.237. The van der Waals surface area contributed by atoms with Gasteiger partial charge in [0.25, 0.3) is 0 Å². The lowest BCUT2D eigenvalue weighted by atomic mass is 10.2. The van der Waals surface area contributed by atoms with Crippen LogP contribution >= 0.6 is 11.3 Å². The lowest BCUT2D eigenvalue weighted by Gasteiger charge is -2.16. The quantitative estimate of drug-likeness (QED) is 0.762. The fraction of sp³-hybridized carbons (Fsp3) is 0.333. The summed E-state index contributed by atoms with van der Waals surface area (Å²) in [5, 5.41) is 6.63. The number of thiazole rings is 1. The van der Waals surface area contributed by atoms with Gasteiger partial charge in [-0.25, -0.2) is 19.9 Å². The van der Waals surface area contributed by atoms with Gasteiger partial charge in [-0.3, -0.25) is 0 Å². The van der Waals surface area contributed by atoms with Crippen LogP contribution in [0.4, 0.5) is 5.82 Å². The second-order valence-corrected chi connectivity index (χ2v) is 5.58. The van der Waals surface area contributed by atoms with Crippen molar-refractivity contribution in [2.75, 3.05) is 5.32 Å². The second-order valence-electron chi connectivity index (χ2n) is 4.65. The van der Waals surface area contributed by atoms with Gasteiger partial charge in [-0.2, -0.15) is 0 Å². The van der Waals surface area contributed by atoms with E-state index in [-0.39, 0.29) is 6.04 Å². The Morgan fingerprint density at radius 3 is 3.00 bits per heavy atom. The van der Waals surface area contributed by atoms with Gasteiger partial charge in [0.1, 0.15) is 16.9 Å². The zero-order chi connectivity index (χ0) is 12.7. The molecule has 2 N–H and O–H groups in total. The highest BCUT2D eigenvalue weighted by atomic mass is 32.1. The lowest BCUT2D eigenvalue weighted by Crippen LogP contribution is -2.14. The molecule has 19 heavy (non-hydrogen) atoms. The molecule has 0 bridgehead atoms. The van der Waals surface area contributed by atoms with E-state index >= 15 is 0 Å². The fourth-order valence-corrected chi connectivity index (χ4v) is 3.00. The molecule has 7 heteroatoms. The largest absolute Gasteiger partial charge is 0.359 e. The molecule has 4 rings (SSSR count). The van der Waals surface area contributed by atoms with Crippen molar-refractivity contribution >= 4 is 28.3 Å². The Morgan fingerprint density at radius 1 is 1.26 bits per heavy atom. The number of imidazole rings is 1. The van der Waals surface area contributed by atoms with E-state index in [0.29, 0.717) is 11.6 Å². The summed E-state index contributed by atoms with van der Waals surface area (Å²) in [6.07, 6.45) is 7.52. The lowest BCUT2D eigenvalue weighted by molar-refractivity contribution is 0.671. The maximum atomic E-state index is 4.43. The van der Waals surface area contributed by atoms with Crippen molar-refractivity contribution < 1.29 is 0 Å². The Labute approximate surface area is 113 Å². The predicted octanol–water partition coefficient (Wildman–Crippen LogP) is 2.37. The van der Waals surface area contributed by atoms with Gasteiger partial charge in [-0.05, 0) is 18.8 Å². The van der Waals surface area contributed by atoms with Crippen LogP contribution in [-0.4, -0.2) is 24.9 Å². The zero-order valence-electron chi connectivity index (χ0n) is 10.1.